The lowest BCUT2D eigenvalue weighted by molar-refractivity contribution is 0.112. The molecule has 1 aromatic heterocycles. The predicted octanol–water partition coefficient (Wildman–Crippen LogP) is 4.28. The Balaban J connectivity index is 2.19. The molecule has 1 N–H and O–H groups in total. The Hall–Kier alpha value is -2.53. The van der Waals surface area contributed by atoms with Gasteiger partial charge in [0, 0.05) is 11.1 Å². The van der Waals surface area contributed by atoms with Crippen molar-refractivity contribution >= 4 is 18.5 Å². The second-order valence-electron chi connectivity index (χ2n) is 5.41. The van der Waals surface area contributed by atoms with E-state index in [0.717, 1.165) is 40.9 Å². The molecule has 2 aromatic carbocycles. The van der Waals surface area contributed by atoms with E-state index in [0.29, 0.717) is 10.3 Å². The Bertz CT molecular complexity index is 924. The molecule has 3 aromatic rings. The third-order valence-electron chi connectivity index (χ3n) is 3.84. The average molecular weight is 323 g/mol. The first-order chi connectivity index (χ1) is 11.1. The molecule has 0 aliphatic carbocycles. The Morgan fingerprint density at radius 1 is 1.26 bits per heavy atom. The SMILES string of the molecule is CCc1cc(-c2n[nH]c(=S)n2-c2cccc(C)c2)ccc1C=O. The van der Waals surface area contributed by atoms with Crippen molar-refractivity contribution in [3.05, 3.63) is 63.9 Å². The van der Waals surface area contributed by atoms with Crippen LogP contribution in [-0.2, 0) is 6.42 Å². The van der Waals surface area contributed by atoms with Gasteiger partial charge in [0.15, 0.2) is 10.6 Å². The van der Waals surface area contributed by atoms with Gasteiger partial charge in [-0.3, -0.25) is 14.5 Å². The van der Waals surface area contributed by atoms with Crippen molar-refractivity contribution in [1.29, 1.82) is 0 Å². The number of hydrogen-bond acceptors (Lipinski definition) is 3. The number of aryl methyl sites for hydroxylation is 2. The van der Waals surface area contributed by atoms with Crippen molar-refractivity contribution in [1.82, 2.24) is 14.8 Å². The summed E-state index contributed by atoms with van der Waals surface area (Å²) in [6, 6.07) is 13.8. The molecule has 0 amide bonds. The maximum atomic E-state index is 11.1. The third-order valence-corrected chi connectivity index (χ3v) is 4.12. The van der Waals surface area contributed by atoms with Gasteiger partial charge in [-0.1, -0.05) is 31.2 Å². The Kier molecular flexibility index (Phi) is 4.21. The number of benzene rings is 2. The zero-order chi connectivity index (χ0) is 16.4. The van der Waals surface area contributed by atoms with Crippen LogP contribution in [0, 0.1) is 11.7 Å². The van der Waals surface area contributed by atoms with Crippen LogP contribution in [0.2, 0.25) is 0 Å². The molecule has 0 aliphatic rings. The van der Waals surface area contributed by atoms with E-state index in [1.165, 1.54) is 0 Å². The molecular weight excluding hydrogens is 306 g/mol. The van der Waals surface area contributed by atoms with Gasteiger partial charge >= 0.3 is 0 Å². The molecule has 0 unspecified atom stereocenters. The summed E-state index contributed by atoms with van der Waals surface area (Å²) in [6.07, 6.45) is 1.68. The molecule has 0 bridgehead atoms. The minimum Gasteiger partial charge on any atom is -0.298 e. The van der Waals surface area contributed by atoms with Gasteiger partial charge in [-0.05, 0) is 54.9 Å². The van der Waals surface area contributed by atoms with E-state index in [1.807, 2.05) is 54.8 Å². The third kappa shape index (κ3) is 2.87. The quantitative estimate of drug-likeness (QED) is 0.576. The summed E-state index contributed by atoms with van der Waals surface area (Å²) >= 11 is 5.40. The minimum atomic E-state index is 0.545. The highest BCUT2D eigenvalue weighted by Gasteiger charge is 2.12. The van der Waals surface area contributed by atoms with Gasteiger partial charge in [0.1, 0.15) is 6.29 Å². The van der Waals surface area contributed by atoms with E-state index in [1.54, 1.807) is 0 Å². The summed E-state index contributed by atoms with van der Waals surface area (Å²) in [5, 5.41) is 7.25. The molecule has 0 saturated heterocycles. The maximum absolute atomic E-state index is 11.1. The number of rotatable bonds is 4. The van der Waals surface area contributed by atoms with Gasteiger partial charge in [-0.15, -0.1) is 0 Å². The highest BCUT2D eigenvalue weighted by molar-refractivity contribution is 7.71. The smallest absolute Gasteiger partial charge is 0.200 e. The summed E-state index contributed by atoms with van der Waals surface area (Å²) in [5.41, 5.74) is 4.77. The molecule has 5 heteroatoms. The molecule has 0 fully saturated rings. The topological polar surface area (TPSA) is 50.7 Å². The van der Waals surface area contributed by atoms with Gasteiger partial charge < -0.3 is 0 Å². The number of nitrogens with zero attached hydrogens (tertiary/aromatic N) is 2. The monoisotopic (exact) mass is 323 g/mol. The van der Waals surface area contributed by atoms with E-state index >= 15 is 0 Å². The summed E-state index contributed by atoms with van der Waals surface area (Å²) in [6.45, 7) is 4.07. The van der Waals surface area contributed by atoms with Crippen LogP contribution in [0.3, 0.4) is 0 Å². The number of aldehydes is 1. The molecule has 116 valence electrons. The van der Waals surface area contributed by atoms with Crippen molar-refractivity contribution in [3.8, 4) is 17.1 Å². The first-order valence-electron chi connectivity index (χ1n) is 7.47. The van der Waals surface area contributed by atoms with Crippen molar-refractivity contribution in [3.63, 3.8) is 0 Å². The maximum Gasteiger partial charge on any atom is 0.200 e. The largest absolute Gasteiger partial charge is 0.298 e. The molecule has 0 aliphatic heterocycles. The molecule has 1 heterocycles. The lowest BCUT2D eigenvalue weighted by atomic mass is 10.0. The van der Waals surface area contributed by atoms with E-state index in [-0.39, 0.29) is 0 Å². The molecular formula is C18H17N3OS. The highest BCUT2D eigenvalue weighted by atomic mass is 32.1. The molecule has 4 nitrogen and oxygen atoms in total. The Morgan fingerprint density at radius 2 is 2.09 bits per heavy atom. The molecule has 0 spiro atoms. The van der Waals surface area contributed by atoms with Crippen LogP contribution >= 0.6 is 12.2 Å². The second kappa shape index (κ2) is 6.30. The fourth-order valence-electron chi connectivity index (χ4n) is 2.66. The normalized spacial score (nSPS) is 10.7. The van der Waals surface area contributed by atoms with Crippen LogP contribution in [-0.4, -0.2) is 21.1 Å². The van der Waals surface area contributed by atoms with Crippen molar-refractivity contribution < 1.29 is 4.79 Å². The number of aromatic amines is 1. The number of hydrogen-bond donors (Lipinski definition) is 1. The van der Waals surface area contributed by atoms with Gasteiger partial charge in [-0.2, -0.15) is 5.10 Å². The predicted molar refractivity (Wildman–Crippen MR) is 93.7 cm³/mol. The standard InChI is InChI=1S/C18H17N3OS/c1-3-13-10-14(7-8-15(13)11-22)17-19-20-18(23)21(17)16-6-4-5-12(2)9-16/h4-11H,3H2,1-2H3,(H,20,23). The molecule has 23 heavy (non-hydrogen) atoms. The average Bonchev–Trinajstić information content (AvgIpc) is 2.95. The molecule has 0 atom stereocenters. The van der Waals surface area contributed by atoms with Gasteiger partial charge in [0.25, 0.3) is 0 Å². The van der Waals surface area contributed by atoms with Crippen LogP contribution in [0.5, 0.6) is 0 Å². The number of carbonyl (C=O) groups is 1. The van der Waals surface area contributed by atoms with Crippen LogP contribution in [0.25, 0.3) is 17.1 Å². The van der Waals surface area contributed by atoms with Gasteiger partial charge in [-0.25, -0.2) is 0 Å². The van der Waals surface area contributed by atoms with E-state index < -0.39 is 0 Å². The van der Waals surface area contributed by atoms with Crippen LogP contribution in [0.4, 0.5) is 0 Å². The van der Waals surface area contributed by atoms with Gasteiger partial charge in [0.05, 0.1) is 5.69 Å². The Morgan fingerprint density at radius 3 is 2.78 bits per heavy atom. The first kappa shape index (κ1) is 15.4. The summed E-state index contributed by atoms with van der Waals surface area (Å²) < 4.78 is 2.46. The van der Waals surface area contributed by atoms with E-state index in [9.17, 15) is 4.79 Å². The number of H-pyrrole nitrogens is 1. The summed E-state index contributed by atoms with van der Waals surface area (Å²) in [4.78, 5) is 11.1. The zero-order valence-electron chi connectivity index (χ0n) is 13.0. The van der Waals surface area contributed by atoms with Crippen LogP contribution in [0.15, 0.2) is 42.5 Å². The highest BCUT2D eigenvalue weighted by Crippen LogP contribution is 2.24. The summed E-state index contributed by atoms with van der Waals surface area (Å²) in [7, 11) is 0. The number of nitrogens with one attached hydrogen (secondary N) is 1. The summed E-state index contributed by atoms with van der Waals surface area (Å²) in [5.74, 6) is 0.743. The molecule has 0 saturated carbocycles. The number of carbonyl (C=O) groups excluding carboxylic acids is 1. The Labute approximate surface area is 139 Å². The molecule has 3 rings (SSSR count). The van der Waals surface area contributed by atoms with Crippen LogP contribution < -0.4 is 0 Å². The van der Waals surface area contributed by atoms with Crippen molar-refractivity contribution in [2.24, 2.45) is 0 Å². The minimum absolute atomic E-state index is 0.545. The van der Waals surface area contributed by atoms with Crippen molar-refractivity contribution in [2.45, 2.75) is 20.3 Å². The number of aromatic nitrogens is 3. The zero-order valence-corrected chi connectivity index (χ0v) is 13.9. The first-order valence-corrected chi connectivity index (χ1v) is 7.87. The van der Waals surface area contributed by atoms with E-state index in [2.05, 4.69) is 16.3 Å². The lowest BCUT2D eigenvalue weighted by Gasteiger charge is -2.09. The lowest BCUT2D eigenvalue weighted by Crippen LogP contribution is -1.99. The van der Waals surface area contributed by atoms with Crippen LogP contribution in [0.1, 0.15) is 28.4 Å². The van der Waals surface area contributed by atoms with Gasteiger partial charge in [0.2, 0.25) is 0 Å². The fraction of sp³-hybridized carbons (Fsp3) is 0.167. The molecule has 0 radical (unpaired) electrons. The van der Waals surface area contributed by atoms with Crippen molar-refractivity contribution in [2.75, 3.05) is 0 Å². The second-order valence-corrected chi connectivity index (χ2v) is 5.80. The van der Waals surface area contributed by atoms with E-state index in [4.69, 9.17) is 12.2 Å². The fourth-order valence-corrected chi connectivity index (χ4v) is 2.90.